The monoisotopic (exact) mass is 665 g/mol. The lowest BCUT2D eigenvalue weighted by molar-refractivity contribution is 0.0923. The minimum absolute atomic E-state index is 0.0331. The Hall–Kier alpha value is -4.15. The first-order valence-electron chi connectivity index (χ1n) is 18.2. The van der Waals surface area contributed by atoms with Gasteiger partial charge in [-0.05, 0) is 113 Å². The van der Waals surface area contributed by atoms with Gasteiger partial charge in [-0.2, -0.15) is 0 Å². The lowest BCUT2D eigenvalue weighted by Gasteiger charge is -2.40. The molecule has 2 aromatic carbocycles. The molecule has 7 rings (SSSR count). The minimum Gasteiger partial charge on any atom is -0.393 e. The van der Waals surface area contributed by atoms with E-state index in [1.807, 2.05) is 43.3 Å². The van der Waals surface area contributed by atoms with Crippen LogP contribution >= 0.6 is 0 Å². The number of benzene rings is 2. The number of nitrogens with zero attached hydrogens (tertiary/aromatic N) is 4. The molecular formula is C39H51N7O3. The summed E-state index contributed by atoms with van der Waals surface area (Å²) in [4.78, 5) is 38.4. The molecule has 10 nitrogen and oxygen atoms in total. The molecule has 4 fully saturated rings. The summed E-state index contributed by atoms with van der Waals surface area (Å²) in [7, 11) is 2.16. The van der Waals surface area contributed by atoms with Gasteiger partial charge in [0.1, 0.15) is 5.82 Å². The maximum Gasteiger partial charge on any atom is 0.253 e. The van der Waals surface area contributed by atoms with Crippen LogP contribution in [-0.4, -0.2) is 90.3 Å². The zero-order valence-corrected chi connectivity index (χ0v) is 28.9. The van der Waals surface area contributed by atoms with E-state index in [2.05, 4.69) is 62.0 Å². The van der Waals surface area contributed by atoms with Crippen molar-refractivity contribution in [3.8, 4) is 0 Å². The number of piperazine rings is 1. The van der Waals surface area contributed by atoms with Crippen LogP contribution in [-0.2, 0) is 0 Å². The van der Waals surface area contributed by atoms with Gasteiger partial charge in [-0.3, -0.25) is 9.59 Å². The van der Waals surface area contributed by atoms with Crippen LogP contribution in [0.2, 0.25) is 0 Å². The molecule has 2 amide bonds. The van der Waals surface area contributed by atoms with E-state index in [4.69, 9.17) is 4.98 Å². The van der Waals surface area contributed by atoms with Crippen LogP contribution in [0.4, 0.5) is 17.2 Å². The molecule has 0 radical (unpaired) electrons. The highest BCUT2D eigenvalue weighted by Gasteiger charge is 2.42. The number of pyridine rings is 1. The van der Waals surface area contributed by atoms with Gasteiger partial charge in [-0.25, -0.2) is 4.98 Å². The third kappa shape index (κ3) is 7.86. The molecule has 4 heterocycles. The Morgan fingerprint density at radius 3 is 2.20 bits per heavy atom. The number of hydrogen-bond donors (Lipinski definition) is 4. The van der Waals surface area contributed by atoms with Crippen LogP contribution in [0.15, 0.2) is 66.9 Å². The van der Waals surface area contributed by atoms with Crippen LogP contribution in [0.1, 0.15) is 90.6 Å². The maximum atomic E-state index is 13.3. The summed E-state index contributed by atoms with van der Waals surface area (Å²) >= 11 is 0. The van der Waals surface area contributed by atoms with Gasteiger partial charge in [-0.1, -0.05) is 18.2 Å². The van der Waals surface area contributed by atoms with Crippen LogP contribution in [0.5, 0.6) is 0 Å². The van der Waals surface area contributed by atoms with Crippen molar-refractivity contribution in [2.75, 3.05) is 48.3 Å². The SMILES string of the molecule is C[C@H](NC(=O)c1ccc(N2[C@@H]3CC[C@H]2C[C@@H](NC(=O)c2cccc(NC4CCC(O)CC4)c2)C3)nc1)c1ccc(N2CCN(C)CC2)cc1. The Bertz CT molecular complexity index is 1570. The number of rotatable bonds is 9. The van der Waals surface area contributed by atoms with Crippen LogP contribution < -0.4 is 25.8 Å². The Morgan fingerprint density at radius 2 is 1.53 bits per heavy atom. The number of piperidine rings is 1. The van der Waals surface area contributed by atoms with E-state index < -0.39 is 0 Å². The molecule has 4 N–H and O–H groups in total. The molecular weight excluding hydrogens is 614 g/mol. The van der Waals surface area contributed by atoms with E-state index >= 15 is 0 Å². The highest BCUT2D eigenvalue weighted by Crippen LogP contribution is 2.39. The number of anilines is 3. The Balaban J connectivity index is 0.906. The average Bonchev–Trinajstić information content (AvgIpc) is 3.39. The van der Waals surface area contributed by atoms with E-state index in [9.17, 15) is 14.7 Å². The second-order valence-corrected chi connectivity index (χ2v) is 14.6. The first kappa shape index (κ1) is 33.4. The molecule has 0 spiro atoms. The summed E-state index contributed by atoms with van der Waals surface area (Å²) in [6.07, 6.45) is 8.92. The zero-order chi connectivity index (χ0) is 33.9. The molecule has 3 aromatic rings. The maximum absolute atomic E-state index is 13.3. The Labute approximate surface area is 290 Å². The van der Waals surface area contributed by atoms with Gasteiger partial charge in [0.05, 0.1) is 17.7 Å². The normalized spacial score (nSPS) is 26.2. The van der Waals surface area contributed by atoms with E-state index in [1.54, 1.807) is 6.20 Å². The van der Waals surface area contributed by atoms with Gasteiger partial charge < -0.3 is 35.8 Å². The van der Waals surface area contributed by atoms with E-state index in [1.165, 1.54) is 5.69 Å². The van der Waals surface area contributed by atoms with Gasteiger partial charge in [0.15, 0.2) is 0 Å². The molecule has 3 saturated heterocycles. The van der Waals surface area contributed by atoms with Crippen molar-refractivity contribution in [1.29, 1.82) is 0 Å². The number of aliphatic hydroxyl groups excluding tert-OH is 1. The Kier molecular flexibility index (Phi) is 10.0. The minimum atomic E-state index is -0.186. The molecule has 1 saturated carbocycles. The van der Waals surface area contributed by atoms with E-state index in [0.29, 0.717) is 29.3 Å². The van der Waals surface area contributed by atoms with Crippen molar-refractivity contribution >= 4 is 29.0 Å². The first-order chi connectivity index (χ1) is 23.8. The van der Waals surface area contributed by atoms with Crippen molar-refractivity contribution in [3.63, 3.8) is 0 Å². The standard InChI is InChI=1S/C39H51N7O3/c1-26(27-6-11-33(12-7-27)45-20-18-44(2)19-21-45)41-39(49)29-8-17-37(40-25-29)46-34-13-14-35(46)24-32(23-34)43-38(48)28-4-3-5-31(22-28)42-30-9-15-36(47)16-10-30/h3-8,11-12,17,22,25-26,30,32,34-36,42,47H,9-10,13-16,18-21,23-24H2,1-2H3,(H,41,49)(H,43,48)/t26-,30?,32-,34+,35-,36?/m0/s1. The molecule has 4 atom stereocenters. The summed E-state index contributed by atoms with van der Waals surface area (Å²) in [5, 5.41) is 19.8. The fourth-order valence-corrected chi connectivity index (χ4v) is 8.22. The second-order valence-electron chi connectivity index (χ2n) is 14.6. The van der Waals surface area contributed by atoms with Crippen LogP contribution in [0, 0.1) is 0 Å². The van der Waals surface area contributed by atoms with Crippen molar-refractivity contribution in [2.24, 2.45) is 0 Å². The summed E-state index contributed by atoms with van der Waals surface area (Å²) in [6.45, 7) is 6.22. The molecule has 3 aliphatic heterocycles. The quantitative estimate of drug-likeness (QED) is 0.254. The first-order valence-corrected chi connectivity index (χ1v) is 18.2. The smallest absolute Gasteiger partial charge is 0.253 e. The lowest BCUT2D eigenvalue weighted by atomic mass is 9.93. The van der Waals surface area contributed by atoms with Crippen molar-refractivity contribution in [3.05, 3.63) is 83.6 Å². The van der Waals surface area contributed by atoms with Crippen LogP contribution in [0.25, 0.3) is 0 Å². The number of carbonyl (C=O) groups excluding carboxylic acids is 2. The number of aromatic nitrogens is 1. The van der Waals surface area contributed by atoms with Gasteiger partial charge in [-0.15, -0.1) is 0 Å². The lowest BCUT2D eigenvalue weighted by Crippen LogP contribution is -2.50. The van der Waals surface area contributed by atoms with Crippen molar-refractivity contribution in [1.82, 2.24) is 20.5 Å². The third-order valence-electron chi connectivity index (χ3n) is 11.1. The Morgan fingerprint density at radius 1 is 0.816 bits per heavy atom. The largest absolute Gasteiger partial charge is 0.393 e. The van der Waals surface area contributed by atoms with E-state index in [0.717, 1.165) is 94.6 Å². The number of nitrogens with one attached hydrogen (secondary N) is 3. The predicted octanol–water partition coefficient (Wildman–Crippen LogP) is 4.97. The summed E-state index contributed by atoms with van der Waals surface area (Å²) < 4.78 is 0. The van der Waals surface area contributed by atoms with Crippen molar-refractivity contribution in [2.45, 2.75) is 94.6 Å². The number of hydrogen-bond acceptors (Lipinski definition) is 8. The number of fused-ring (bicyclic) bond motifs is 2. The molecule has 10 heteroatoms. The number of aliphatic hydroxyl groups is 1. The highest BCUT2D eigenvalue weighted by atomic mass is 16.3. The van der Waals surface area contributed by atoms with Gasteiger partial charge in [0.2, 0.25) is 0 Å². The fraction of sp³-hybridized carbons (Fsp3) is 0.513. The van der Waals surface area contributed by atoms with Gasteiger partial charge in [0.25, 0.3) is 11.8 Å². The number of carbonyl (C=O) groups is 2. The van der Waals surface area contributed by atoms with E-state index in [-0.39, 0.29) is 30.0 Å². The summed E-state index contributed by atoms with van der Waals surface area (Å²) in [6, 6.07) is 21.1. The van der Waals surface area contributed by atoms with Crippen LogP contribution in [0.3, 0.4) is 0 Å². The number of likely N-dealkylation sites (N-methyl/N-ethyl adjacent to an activating group) is 1. The molecule has 49 heavy (non-hydrogen) atoms. The second kappa shape index (κ2) is 14.8. The molecule has 260 valence electrons. The van der Waals surface area contributed by atoms with Crippen molar-refractivity contribution < 1.29 is 14.7 Å². The summed E-state index contributed by atoms with van der Waals surface area (Å²) in [5.41, 5.74) is 4.48. The molecule has 2 bridgehead atoms. The van der Waals surface area contributed by atoms with Gasteiger partial charge in [0, 0.05) is 73.5 Å². The molecule has 1 aromatic heterocycles. The molecule has 4 aliphatic rings. The zero-order valence-electron chi connectivity index (χ0n) is 28.9. The fourth-order valence-electron chi connectivity index (χ4n) is 8.22. The summed E-state index contributed by atoms with van der Waals surface area (Å²) in [5.74, 6) is 0.737. The molecule has 1 aliphatic carbocycles. The molecule has 0 unspecified atom stereocenters. The number of amides is 2. The van der Waals surface area contributed by atoms with Gasteiger partial charge >= 0.3 is 0 Å². The average molecular weight is 666 g/mol. The topological polar surface area (TPSA) is 113 Å². The highest BCUT2D eigenvalue weighted by molar-refractivity contribution is 5.95. The predicted molar refractivity (Wildman–Crippen MR) is 194 cm³/mol. The third-order valence-corrected chi connectivity index (χ3v) is 11.1.